The zero-order valence-electron chi connectivity index (χ0n) is 20.8. The molecule has 6 rings (SSSR count). The Morgan fingerprint density at radius 1 is 0.842 bits per heavy atom. The Kier molecular flexibility index (Phi) is 6.24. The van der Waals surface area contributed by atoms with Crippen LogP contribution in [0.1, 0.15) is 33.9 Å². The third-order valence-corrected chi connectivity index (χ3v) is 6.64. The summed E-state index contributed by atoms with van der Waals surface area (Å²) in [6.45, 7) is 0. The summed E-state index contributed by atoms with van der Waals surface area (Å²) in [5, 5.41) is 11.4. The van der Waals surface area contributed by atoms with Crippen molar-refractivity contribution in [3.8, 4) is 22.7 Å². The number of hydrogen-bond acceptors (Lipinski definition) is 5. The van der Waals surface area contributed by atoms with Gasteiger partial charge in [0.25, 0.3) is 5.91 Å². The number of aromatic nitrogens is 3. The fourth-order valence-electron chi connectivity index (χ4n) is 4.69. The van der Waals surface area contributed by atoms with Gasteiger partial charge in [-0.3, -0.25) is 9.78 Å². The maximum absolute atomic E-state index is 13.8. The van der Waals surface area contributed by atoms with Crippen LogP contribution in [-0.2, 0) is 0 Å². The first-order chi connectivity index (χ1) is 18.7. The molecule has 1 unspecified atom stereocenters. The zero-order valence-corrected chi connectivity index (χ0v) is 20.8. The molecule has 0 bridgehead atoms. The largest absolute Gasteiger partial charge is 0.497 e. The summed E-state index contributed by atoms with van der Waals surface area (Å²) in [5.74, 6) is 0.583. The van der Waals surface area contributed by atoms with E-state index in [1.54, 1.807) is 36.6 Å². The van der Waals surface area contributed by atoms with Gasteiger partial charge in [0.2, 0.25) is 0 Å². The van der Waals surface area contributed by atoms with E-state index >= 15 is 0 Å². The molecular weight excluding hydrogens is 474 g/mol. The van der Waals surface area contributed by atoms with E-state index in [1.165, 1.54) is 0 Å². The molecule has 0 N–H and O–H groups in total. The van der Waals surface area contributed by atoms with E-state index in [0.717, 1.165) is 39.5 Å². The molecule has 38 heavy (non-hydrogen) atoms. The van der Waals surface area contributed by atoms with Crippen LogP contribution >= 0.6 is 0 Å². The lowest BCUT2D eigenvalue weighted by molar-refractivity contribution is 0.0711. The van der Waals surface area contributed by atoms with Gasteiger partial charge in [0.15, 0.2) is 0 Å². The van der Waals surface area contributed by atoms with Crippen molar-refractivity contribution in [3.05, 3.63) is 132 Å². The first kappa shape index (κ1) is 23.4. The number of para-hydroxylation sites is 1. The van der Waals surface area contributed by atoms with Crippen molar-refractivity contribution in [1.82, 2.24) is 19.8 Å². The molecule has 1 aliphatic heterocycles. The van der Waals surface area contributed by atoms with E-state index in [1.807, 2.05) is 95.8 Å². The first-order valence-corrected chi connectivity index (χ1v) is 12.4. The molecule has 3 aromatic carbocycles. The second-order valence-corrected chi connectivity index (χ2v) is 8.96. The third-order valence-electron chi connectivity index (χ3n) is 6.64. The summed E-state index contributed by atoms with van der Waals surface area (Å²) in [5.41, 5.74) is 5.94. The smallest absolute Gasteiger partial charge is 0.274 e. The molecule has 1 amide bonds. The fourth-order valence-corrected chi connectivity index (χ4v) is 4.69. The summed E-state index contributed by atoms with van der Waals surface area (Å²) in [7, 11) is 1.65. The highest BCUT2D eigenvalue weighted by molar-refractivity contribution is 6.05. The summed E-state index contributed by atoms with van der Waals surface area (Å²) < 4.78 is 7.23. The predicted molar refractivity (Wildman–Crippen MR) is 146 cm³/mol. The molecule has 0 spiro atoms. The molecule has 5 aromatic rings. The Labute approximate surface area is 220 Å². The van der Waals surface area contributed by atoms with Gasteiger partial charge in [-0.15, -0.1) is 0 Å². The molecule has 3 heterocycles. The van der Waals surface area contributed by atoms with Crippen LogP contribution in [0.25, 0.3) is 16.9 Å². The number of hydrogen-bond donors (Lipinski definition) is 0. The maximum atomic E-state index is 13.8. The minimum absolute atomic E-state index is 0.184. The Hall–Kier alpha value is -5.04. The Balaban J connectivity index is 1.49. The Morgan fingerprint density at radius 2 is 1.53 bits per heavy atom. The molecule has 1 atom stereocenters. The monoisotopic (exact) mass is 499 g/mol. The highest BCUT2D eigenvalue weighted by Crippen LogP contribution is 2.39. The van der Waals surface area contributed by atoms with Gasteiger partial charge in [-0.1, -0.05) is 48.5 Å². The number of benzene rings is 3. The van der Waals surface area contributed by atoms with Gasteiger partial charge in [-0.05, 0) is 54.1 Å². The average Bonchev–Trinajstić information content (AvgIpc) is 3.64. The van der Waals surface area contributed by atoms with Crippen LogP contribution in [0.3, 0.4) is 0 Å². The molecule has 0 saturated heterocycles. The molecule has 0 saturated carbocycles. The summed E-state index contributed by atoms with van der Waals surface area (Å²) in [6, 6.07) is 30.8. The van der Waals surface area contributed by atoms with Crippen molar-refractivity contribution < 1.29 is 9.53 Å². The van der Waals surface area contributed by atoms with Crippen LogP contribution in [0.2, 0.25) is 0 Å². The number of rotatable bonds is 6. The normalized spacial score (nSPS) is 14.8. The Morgan fingerprint density at radius 3 is 2.21 bits per heavy atom. The van der Waals surface area contributed by atoms with E-state index in [0.29, 0.717) is 12.0 Å². The molecule has 0 aliphatic carbocycles. The standard InChI is InChI=1S/C31H25N5O2/c1-38-26-14-12-23(13-15-26)30-27(21-35(34-30)25-10-6-3-7-11-25)29-20-28(22-8-4-2-5-9-22)33-36(29)31(37)24-16-18-32-19-17-24/h2-19,21,29H,20H2,1H3. The number of hydrazone groups is 1. The predicted octanol–water partition coefficient (Wildman–Crippen LogP) is 5.93. The molecular formula is C31H25N5O2. The lowest BCUT2D eigenvalue weighted by atomic mass is 9.96. The molecule has 2 aromatic heterocycles. The summed E-state index contributed by atoms with van der Waals surface area (Å²) in [6.07, 6.45) is 5.81. The van der Waals surface area contributed by atoms with Crippen LogP contribution < -0.4 is 4.74 Å². The van der Waals surface area contributed by atoms with E-state index in [-0.39, 0.29) is 11.9 Å². The maximum Gasteiger partial charge on any atom is 0.274 e. The van der Waals surface area contributed by atoms with Crippen LogP contribution in [0.4, 0.5) is 0 Å². The third kappa shape index (κ3) is 4.46. The van der Waals surface area contributed by atoms with E-state index in [4.69, 9.17) is 14.9 Å². The average molecular weight is 500 g/mol. The van der Waals surface area contributed by atoms with E-state index in [9.17, 15) is 4.79 Å². The van der Waals surface area contributed by atoms with E-state index < -0.39 is 0 Å². The Bertz CT molecular complexity index is 1580. The van der Waals surface area contributed by atoms with Gasteiger partial charge in [0.05, 0.1) is 30.2 Å². The SMILES string of the molecule is COc1ccc(-c2nn(-c3ccccc3)cc2C2CC(c3ccccc3)=NN2C(=O)c2ccncc2)cc1. The number of methoxy groups -OCH3 is 1. The van der Waals surface area contributed by atoms with Gasteiger partial charge in [0.1, 0.15) is 5.75 Å². The van der Waals surface area contributed by atoms with Gasteiger partial charge < -0.3 is 4.74 Å². The minimum Gasteiger partial charge on any atom is -0.497 e. The molecule has 7 heteroatoms. The number of amides is 1. The first-order valence-electron chi connectivity index (χ1n) is 12.4. The summed E-state index contributed by atoms with van der Waals surface area (Å²) >= 11 is 0. The lowest BCUT2D eigenvalue weighted by Crippen LogP contribution is -2.27. The van der Waals surface area contributed by atoms with Gasteiger partial charge in [-0.2, -0.15) is 10.2 Å². The molecule has 0 fully saturated rings. The minimum atomic E-state index is -0.347. The van der Waals surface area contributed by atoms with Crippen molar-refractivity contribution >= 4 is 11.6 Å². The van der Waals surface area contributed by atoms with Crippen LogP contribution in [0.5, 0.6) is 5.75 Å². The van der Waals surface area contributed by atoms with Crippen molar-refractivity contribution in [2.45, 2.75) is 12.5 Å². The number of nitrogens with zero attached hydrogens (tertiary/aromatic N) is 5. The van der Waals surface area contributed by atoms with Crippen molar-refractivity contribution in [1.29, 1.82) is 0 Å². The van der Waals surface area contributed by atoms with Crippen molar-refractivity contribution in [3.63, 3.8) is 0 Å². The topological polar surface area (TPSA) is 72.6 Å². The fraction of sp³-hybridized carbons (Fsp3) is 0.0968. The van der Waals surface area contributed by atoms with E-state index in [2.05, 4.69) is 4.98 Å². The molecule has 0 radical (unpaired) electrons. The van der Waals surface area contributed by atoms with Gasteiger partial charge in [0, 0.05) is 41.7 Å². The quantitative estimate of drug-likeness (QED) is 0.290. The van der Waals surface area contributed by atoms with Crippen LogP contribution in [0.15, 0.2) is 121 Å². The van der Waals surface area contributed by atoms with Crippen molar-refractivity contribution in [2.24, 2.45) is 5.10 Å². The van der Waals surface area contributed by atoms with Crippen molar-refractivity contribution in [2.75, 3.05) is 7.11 Å². The highest BCUT2D eigenvalue weighted by atomic mass is 16.5. The molecule has 186 valence electrons. The van der Waals surface area contributed by atoms with Gasteiger partial charge >= 0.3 is 0 Å². The van der Waals surface area contributed by atoms with Gasteiger partial charge in [-0.25, -0.2) is 9.69 Å². The number of ether oxygens (including phenoxy) is 1. The highest BCUT2D eigenvalue weighted by Gasteiger charge is 2.36. The zero-order chi connectivity index (χ0) is 25.9. The second kappa shape index (κ2) is 10.1. The second-order valence-electron chi connectivity index (χ2n) is 8.96. The van der Waals surface area contributed by atoms with Crippen LogP contribution in [0, 0.1) is 0 Å². The van der Waals surface area contributed by atoms with Crippen LogP contribution in [-0.4, -0.2) is 38.5 Å². The molecule has 7 nitrogen and oxygen atoms in total. The molecule has 1 aliphatic rings. The number of pyridine rings is 1. The number of carbonyl (C=O) groups excluding carboxylic acids is 1. The lowest BCUT2D eigenvalue weighted by Gasteiger charge is -2.22. The number of carbonyl (C=O) groups is 1. The summed E-state index contributed by atoms with van der Waals surface area (Å²) in [4.78, 5) is 17.8.